The van der Waals surface area contributed by atoms with Crippen molar-refractivity contribution in [2.24, 2.45) is 0 Å². The Bertz CT molecular complexity index is 1180. The largest absolute Gasteiger partial charge is 0.465 e. The first-order valence-electron chi connectivity index (χ1n) is 9.17. The number of hydrogen-bond acceptors (Lipinski definition) is 8. The van der Waals surface area contributed by atoms with Gasteiger partial charge in [0, 0.05) is 16.7 Å². The topological polar surface area (TPSA) is 82.8 Å². The predicted octanol–water partition coefficient (Wildman–Crippen LogP) is 4.48. The average Bonchev–Trinajstić information content (AvgIpc) is 3.43. The summed E-state index contributed by atoms with van der Waals surface area (Å²) in [5.74, 6) is 0.307. The molecule has 4 rings (SSSR count). The van der Waals surface area contributed by atoms with Gasteiger partial charge >= 0.3 is 5.97 Å². The van der Waals surface area contributed by atoms with E-state index in [1.807, 2.05) is 23.6 Å². The Kier molecular flexibility index (Phi) is 5.91. The van der Waals surface area contributed by atoms with Gasteiger partial charge in [-0.05, 0) is 59.7 Å². The highest BCUT2D eigenvalue weighted by atomic mass is 32.2. The van der Waals surface area contributed by atoms with E-state index in [1.165, 1.54) is 30.0 Å². The van der Waals surface area contributed by atoms with Crippen LogP contribution >= 0.6 is 23.1 Å². The number of benzene rings is 2. The van der Waals surface area contributed by atoms with E-state index in [4.69, 9.17) is 9.72 Å². The van der Waals surface area contributed by atoms with E-state index >= 15 is 0 Å². The number of hydrogen-bond donors (Lipinski definition) is 0. The zero-order chi connectivity index (χ0) is 21.1. The van der Waals surface area contributed by atoms with Crippen molar-refractivity contribution in [2.75, 3.05) is 7.11 Å². The van der Waals surface area contributed by atoms with Crippen molar-refractivity contribution in [3.05, 3.63) is 70.2 Å². The Morgan fingerprint density at radius 1 is 1.13 bits per heavy atom. The van der Waals surface area contributed by atoms with Crippen LogP contribution in [0.25, 0.3) is 16.3 Å². The maximum Gasteiger partial charge on any atom is 0.337 e. The minimum atomic E-state index is -0.348. The molecule has 152 valence electrons. The molecule has 0 bridgehead atoms. The van der Waals surface area contributed by atoms with E-state index in [0.717, 1.165) is 27.1 Å². The van der Waals surface area contributed by atoms with Gasteiger partial charge in [0.2, 0.25) is 5.16 Å². The van der Waals surface area contributed by atoms with Gasteiger partial charge in [0.25, 0.3) is 0 Å². The number of esters is 1. The van der Waals surface area contributed by atoms with E-state index in [0.29, 0.717) is 11.3 Å². The summed E-state index contributed by atoms with van der Waals surface area (Å²) in [5, 5.41) is 15.8. The first-order chi connectivity index (χ1) is 14.5. The van der Waals surface area contributed by atoms with Crippen LogP contribution in [0, 0.1) is 13.8 Å². The van der Waals surface area contributed by atoms with Crippen molar-refractivity contribution >= 4 is 29.1 Å². The summed E-state index contributed by atoms with van der Waals surface area (Å²) in [6, 6.07) is 13.4. The number of ether oxygens (including phenoxy) is 1. The molecule has 0 atom stereocenters. The van der Waals surface area contributed by atoms with Crippen LogP contribution in [0.3, 0.4) is 0 Å². The molecule has 2 aromatic carbocycles. The number of methoxy groups -OCH3 is 1. The van der Waals surface area contributed by atoms with Crippen molar-refractivity contribution in [2.45, 2.75) is 24.8 Å². The van der Waals surface area contributed by atoms with E-state index in [2.05, 4.69) is 41.5 Å². The van der Waals surface area contributed by atoms with Gasteiger partial charge in [-0.15, -0.1) is 16.4 Å². The van der Waals surface area contributed by atoms with Crippen LogP contribution < -0.4 is 0 Å². The van der Waals surface area contributed by atoms with Crippen molar-refractivity contribution in [1.82, 2.24) is 25.2 Å². The number of thioether (sulfide) groups is 1. The molecule has 0 saturated heterocycles. The summed E-state index contributed by atoms with van der Waals surface area (Å²) < 4.78 is 6.48. The molecular formula is C21H19N5O2S2. The molecule has 7 nitrogen and oxygen atoms in total. The normalized spacial score (nSPS) is 10.9. The second-order valence-electron chi connectivity index (χ2n) is 6.64. The molecule has 2 heterocycles. The van der Waals surface area contributed by atoms with Crippen LogP contribution in [-0.4, -0.2) is 38.3 Å². The molecule has 4 aromatic rings. The fraction of sp³-hybridized carbons (Fsp3) is 0.190. The van der Waals surface area contributed by atoms with E-state index in [9.17, 15) is 4.79 Å². The molecule has 0 saturated carbocycles. The van der Waals surface area contributed by atoms with Gasteiger partial charge in [-0.3, -0.25) is 0 Å². The minimum Gasteiger partial charge on any atom is -0.465 e. The highest BCUT2D eigenvalue weighted by Gasteiger charge is 2.12. The number of rotatable bonds is 6. The fourth-order valence-corrected chi connectivity index (χ4v) is 4.51. The smallest absolute Gasteiger partial charge is 0.337 e. The van der Waals surface area contributed by atoms with Crippen molar-refractivity contribution in [3.63, 3.8) is 0 Å². The van der Waals surface area contributed by atoms with Gasteiger partial charge in [-0.1, -0.05) is 30.0 Å². The zero-order valence-corrected chi connectivity index (χ0v) is 18.3. The number of nitrogens with zero attached hydrogens (tertiary/aromatic N) is 5. The summed E-state index contributed by atoms with van der Waals surface area (Å²) in [7, 11) is 1.37. The number of carbonyl (C=O) groups is 1. The predicted molar refractivity (Wildman–Crippen MR) is 117 cm³/mol. The third-order valence-electron chi connectivity index (χ3n) is 4.63. The molecule has 0 radical (unpaired) electrons. The third kappa shape index (κ3) is 4.27. The second-order valence-corrected chi connectivity index (χ2v) is 8.44. The highest BCUT2D eigenvalue weighted by molar-refractivity contribution is 7.98. The van der Waals surface area contributed by atoms with Crippen molar-refractivity contribution < 1.29 is 9.53 Å². The van der Waals surface area contributed by atoms with E-state index in [-0.39, 0.29) is 5.97 Å². The lowest BCUT2D eigenvalue weighted by Crippen LogP contribution is -2.00. The summed E-state index contributed by atoms with van der Waals surface area (Å²) in [6.45, 7) is 4.15. The van der Waals surface area contributed by atoms with Crippen LogP contribution in [0.4, 0.5) is 0 Å². The molecule has 30 heavy (non-hydrogen) atoms. The molecule has 2 aromatic heterocycles. The van der Waals surface area contributed by atoms with Gasteiger partial charge in [0.1, 0.15) is 5.01 Å². The Hall–Kier alpha value is -3.04. The Morgan fingerprint density at radius 2 is 1.93 bits per heavy atom. The molecule has 0 fully saturated rings. The highest BCUT2D eigenvalue weighted by Crippen LogP contribution is 2.28. The van der Waals surface area contributed by atoms with E-state index in [1.54, 1.807) is 28.2 Å². The van der Waals surface area contributed by atoms with Gasteiger partial charge in [0.05, 0.1) is 24.1 Å². The molecule has 0 aliphatic rings. The van der Waals surface area contributed by atoms with E-state index < -0.39 is 0 Å². The number of thiazole rings is 1. The average molecular weight is 438 g/mol. The standard InChI is InChI=1S/C21H19N5O2S2/c1-13-4-9-18(10-14(13)2)26-21(23-24-25-26)30-12-17-11-29-19(22-17)15-5-7-16(8-6-15)20(27)28-3/h4-11H,12H2,1-3H3. The minimum absolute atomic E-state index is 0.348. The third-order valence-corrected chi connectivity index (χ3v) is 6.52. The summed E-state index contributed by atoms with van der Waals surface area (Å²) in [5.41, 5.74) is 5.80. The van der Waals surface area contributed by atoms with Crippen molar-refractivity contribution in [1.29, 1.82) is 0 Å². The maximum atomic E-state index is 11.6. The fourth-order valence-electron chi connectivity index (χ4n) is 2.80. The number of aryl methyl sites for hydroxylation is 2. The second kappa shape index (κ2) is 8.76. The van der Waals surface area contributed by atoms with Gasteiger partial charge < -0.3 is 4.74 Å². The monoisotopic (exact) mass is 437 g/mol. The first kappa shape index (κ1) is 20.2. The van der Waals surface area contributed by atoms with Crippen LogP contribution in [-0.2, 0) is 10.5 Å². The van der Waals surface area contributed by atoms with Gasteiger partial charge in [0.15, 0.2) is 0 Å². The molecule has 0 aliphatic carbocycles. The molecule has 0 amide bonds. The summed E-state index contributed by atoms with van der Waals surface area (Å²) in [4.78, 5) is 16.3. The number of carbonyl (C=O) groups excluding carboxylic acids is 1. The number of tetrazole rings is 1. The SMILES string of the molecule is COC(=O)c1ccc(-c2nc(CSc3nnnn3-c3ccc(C)c(C)c3)cs2)cc1. The van der Waals surface area contributed by atoms with Crippen LogP contribution in [0.15, 0.2) is 53.0 Å². The lowest BCUT2D eigenvalue weighted by molar-refractivity contribution is 0.0601. The van der Waals surface area contributed by atoms with Crippen LogP contribution in [0.5, 0.6) is 0 Å². The van der Waals surface area contributed by atoms with Crippen LogP contribution in [0.2, 0.25) is 0 Å². The summed E-state index contributed by atoms with van der Waals surface area (Å²) in [6.07, 6.45) is 0. The van der Waals surface area contributed by atoms with Gasteiger partial charge in [-0.2, -0.15) is 4.68 Å². The molecule has 0 N–H and O–H groups in total. The number of aromatic nitrogens is 5. The molecule has 0 unspecified atom stereocenters. The Labute approximate surface area is 182 Å². The quantitative estimate of drug-likeness (QED) is 0.325. The molecule has 0 aliphatic heterocycles. The first-order valence-corrected chi connectivity index (χ1v) is 11.0. The Balaban J connectivity index is 1.46. The lowest BCUT2D eigenvalue weighted by Gasteiger charge is -2.06. The Morgan fingerprint density at radius 3 is 2.67 bits per heavy atom. The lowest BCUT2D eigenvalue weighted by atomic mass is 10.1. The summed E-state index contributed by atoms with van der Waals surface area (Å²) >= 11 is 3.10. The van der Waals surface area contributed by atoms with Crippen LogP contribution in [0.1, 0.15) is 27.2 Å². The van der Waals surface area contributed by atoms with Crippen molar-refractivity contribution in [3.8, 4) is 16.3 Å². The molecule has 0 spiro atoms. The van der Waals surface area contributed by atoms with Gasteiger partial charge in [-0.25, -0.2) is 9.78 Å². The molecular weight excluding hydrogens is 418 g/mol. The maximum absolute atomic E-state index is 11.6. The zero-order valence-electron chi connectivity index (χ0n) is 16.7. The molecule has 9 heteroatoms.